The molecule has 32 heavy (non-hydrogen) atoms. The molecule has 0 spiro atoms. The van der Waals surface area contributed by atoms with E-state index in [1.54, 1.807) is 12.1 Å². The first-order valence-electron chi connectivity index (χ1n) is 9.92. The van der Waals surface area contributed by atoms with E-state index in [-0.39, 0.29) is 18.0 Å². The lowest BCUT2D eigenvalue weighted by Gasteiger charge is -2.15. The summed E-state index contributed by atoms with van der Waals surface area (Å²) >= 11 is 0. The average molecular weight is 432 g/mol. The van der Waals surface area contributed by atoms with Crippen LogP contribution in [0.4, 0.5) is 11.4 Å². The number of fused-ring (bicyclic) bond motifs is 3. The minimum absolute atomic E-state index is 0.0518. The number of aromatic nitrogens is 1. The highest BCUT2D eigenvalue weighted by atomic mass is 16.6. The highest BCUT2D eigenvalue weighted by Gasteiger charge is 2.17. The summed E-state index contributed by atoms with van der Waals surface area (Å²) in [5.41, 5.74) is 2.63. The quantitative estimate of drug-likeness (QED) is 0.262. The van der Waals surface area contributed by atoms with Crippen molar-refractivity contribution < 1.29 is 15.0 Å². The predicted octanol–water partition coefficient (Wildman–Crippen LogP) is 4.30. The molecule has 0 atom stereocenters. The van der Waals surface area contributed by atoms with Gasteiger partial charge in [-0.15, -0.1) is 0 Å². The second-order valence-electron chi connectivity index (χ2n) is 7.56. The molecule has 1 heterocycles. The molecule has 0 radical (unpaired) electrons. The summed E-state index contributed by atoms with van der Waals surface area (Å²) in [6, 6.07) is 16.6. The first-order chi connectivity index (χ1) is 15.4. The molecule has 1 N–H and O–H groups in total. The molecule has 1 aromatic heterocycles. The van der Waals surface area contributed by atoms with Gasteiger partial charge in [0.2, 0.25) is 0 Å². The van der Waals surface area contributed by atoms with E-state index in [4.69, 9.17) is 5.11 Å². The Morgan fingerprint density at radius 2 is 1.50 bits per heavy atom. The van der Waals surface area contributed by atoms with Crippen molar-refractivity contribution in [1.82, 2.24) is 9.88 Å². The van der Waals surface area contributed by atoms with Crippen LogP contribution in [0, 0.1) is 20.2 Å². The van der Waals surface area contributed by atoms with E-state index in [2.05, 4.69) is 4.98 Å². The molecule has 0 fully saturated rings. The SMILES string of the molecule is CN(CCO)Cc1ccc(-c2nc3cc([N+](=O)[O-])ccc3c3ccc([N+](=O)[O-])cc23)cc1. The fraction of sp³-hybridized carbons (Fsp3) is 0.174. The second-order valence-corrected chi connectivity index (χ2v) is 7.56. The van der Waals surface area contributed by atoms with Gasteiger partial charge in [-0.25, -0.2) is 4.98 Å². The molecule has 0 unspecified atom stereocenters. The smallest absolute Gasteiger partial charge is 0.271 e. The van der Waals surface area contributed by atoms with Crippen LogP contribution >= 0.6 is 0 Å². The molecule has 9 nitrogen and oxygen atoms in total. The molecule has 4 aromatic rings. The summed E-state index contributed by atoms with van der Waals surface area (Å²) in [5.74, 6) is 0. The lowest BCUT2D eigenvalue weighted by molar-refractivity contribution is -0.384. The molecule has 4 rings (SSSR count). The van der Waals surface area contributed by atoms with Crippen LogP contribution in [0.15, 0.2) is 60.7 Å². The minimum Gasteiger partial charge on any atom is -0.395 e. The number of nitro groups is 2. The molecular weight excluding hydrogens is 412 g/mol. The van der Waals surface area contributed by atoms with E-state index in [9.17, 15) is 20.2 Å². The van der Waals surface area contributed by atoms with Gasteiger partial charge in [0, 0.05) is 53.7 Å². The Morgan fingerprint density at radius 1 is 0.875 bits per heavy atom. The standard InChI is InChI=1S/C23H20N4O5/c1-25(10-11-28)14-15-2-4-16(5-3-15)23-21-12-17(26(29)30)6-8-19(21)20-9-7-18(27(31)32)13-22(20)24-23/h2-9,12-13,28H,10-11,14H2,1H3. The molecular formula is C23H20N4O5. The molecule has 0 aliphatic heterocycles. The third kappa shape index (κ3) is 4.11. The zero-order chi connectivity index (χ0) is 22.8. The van der Waals surface area contributed by atoms with Gasteiger partial charge < -0.3 is 5.11 Å². The summed E-state index contributed by atoms with van der Waals surface area (Å²) in [6.07, 6.45) is 0. The number of benzene rings is 3. The van der Waals surface area contributed by atoms with Gasteiger partial charge in [-0.1, -0.05) is 24.3 Å². The number of non-ortho nitro benzene ring substituents is 2. The Labute approximate surface area is 182 Å². The van der Waals surface area contributed by atoms with Gasteiger partial charge in [0.05, 0.1) is 27.7 Å². The second kappa shape index (κ2) is 8.66. The van der Waals surface area contributed by atoms with E-state index >= 15 is 0 Å². The number of hydrogen-bond acceptors (Lipinski definition) is 7. The topological polar surface area (TPSA) is 123 Å². The number of likely N-dealkylation sites (N-methyl/N-ethyl adjacent to an activating group) is 1. The predicted molar refractivity (Wildman–Crippen MR) is 121 cm³/mol. The highest BCUT2D eigenvalue weighted by Crippen LogP contribution is 2.35. The van der Waals surface area contributed by atoms with Crippen molar-refractivity contribution in [2.75, 3.05) is 20.2 Å². The fourth-order valence-corrected chi connectivity index (χ4v) is 3.76. The fourth-order valence-electron chi connectivity index (χ4n) is 3.76. The summed E-state index contributed by atoms with van der Waals surface area (Å²) in [7, 11) is 1.91. The van der Waals surface area contributed by atoms with Crippen molar-refractivity contribution in [2.24, 2.45) is 0 Å². The van der Waals surface area contributed by atoms with E-state index in [0.717, 1.165) is 16.5 Å². The first kappa shape index (κ1) is 21.3. The summed E-state index contributed by atoms with van der Waals surface area (Å²) < 4.78 is 0. The summed E-state index contributed by atoms with van der Waals surface area (Å²) in [5, 5.41) is 33.7. The first-order valence-corrected chi connectivity index (χ1v) is 9.92. The number of hydrogen-bond donors (Lipinski definition) is 1. The molecule has 162 valence electrons. The lowest BCUT2D eigenvalue weighted by atomic mass is 9.98. The van der Waals surface area contributed by atoms with Crippen LogP contribution in [0.2, 0.25) is 0 Å². The van der Waals surface area contributed by atoms with Crippen molar-refractivity contribution >= 4 is 33.1 Å². The van der Waals surface area contributed by atoms with Crippen molar-refractivity contribution in [3.05, 3.63) is 86.5 Å². The maximum atomic E-state index is 11.4. The molecule has 0 amide bonds. The number of rotatable bonds is 7. The molecule has 9 heteroatoms. The number of nitrogens with zero attached hydrogens (tertiary/aromatic N) is 4. The Morgan fingerprint density at radius 3 is 2.12 bits per heavy atom. The van der Waals surface area contributed by atoms with Crippen molar-refractivity contribution in [3.8, 4) is 11.3 Å². The molecule has 0 saturated carbocycles. The van der Waals surface area contributed by atoms with Crippen LogP contribution in [0.1, 0.15) is 5.56 Å². The Kier molecular flexibility index (Phi) is 5.76. The van der Waals surface area contributed by atoms with E-state index in [1.165, 1.54) is 24.3 Å². The average Bonchev–Trinajstić information content (AvgIpc) is 2.78. The van der Waals surface area contributed by atoms with Gasteiger partial charge >= 0.3 is 0 Å². The number of aliphatic hydroxyl groups excluding tert-OH is 1. The van der Waals surface area contributed by atoms with Crippen LogP contribution in [0.3, 0.4) is 0 Å². The molecule has 0 aliphatic carbocycles. The number of aliphatic hydroxyl groups is 1. The van der Waals surface area contributed by atoms with E-state index in [0.29, 0.717) is 35.1 Å². The molecule has 0 aliphatic rings. The maximum Gasteiger partial charge on any atom is 0.271 e. The van der Waals surface area contributed by atoms with Crippen LogP contribution in [-0.2, 0) is 6.54 Å². The monoisotopic (exact) mass is 432 g/mol. The Balaban J connectivity index is 1.89. The zero-order valence-corrected chi connectivity index (χ0v) is 17.3. The molecule has 0 saturated heterocycles. The third-order valence-electron chi connectivity index (χ3n) is 5.35. The lowest BCUT2D eigenvalue weighted by Crippen LogP contribution is -2.21. The normalized spacial score (nSPS) is 11.3. The van der Waals surface area contributed by atoms with Gasteiger partial charge in [-0.3, -0.25) is 25.1 Å². The van der Waals surface area contributed by atoms with Crippen LogP contribution in [0.25, 0.3) is 32.9 Å². The van der Waals surface area contributed by atoms with E-state index < -0.39 is 9.85 Å². The van der Waals surface area contributed by atoms with Crippen LogP contribution < -0.4 is 0 Å². The van der Waals surface area contributed by atoms with Gasteiger partial charge in [0.1, 0.15) is 0 Å². The van der Waals surface area contributed by atoms with E-state index in [1.807, 2.05) is 36.2 Å². The summed E-state index contributed by atoms with van der Waals surface area (Å²) in [6.45, 7) is 1.29. The zero-order valence-electron chi connectivity index (χ0n) is 17.3. The van der Waals surface area contributed by atoms with Crippen LogP contribution in [0.5, 0.6) is 0 Å². The highest BCUT2D eigenvalue weighted by molar-refractivity contribution is 6.11. The summed E-state index contributed by atoms with van der Waals surface area (Å²) in [4.78, 5) is 28.3. The Bertz CT molecular complexity index is 1340. The largest absolute Gasteiger partial charge is 0.395 e. The van der Waals surface area contributed by atoms with Crippen LogP contribution in [-0.4, -0.2) is 45.0 Å². The van der Waals surface area contributed by atoms with Gasteiger partial charge in [0.25, 0.3) is 11.4 Å². The number of nitro benzene ring substituents is 2. The third-order valence-corrected chi connectivity index (χ3v) is 5.35. The maximum absolute atomic E-state index is 11.4. The molecule has 0 bridgehead atoms. The number of pyridine rings is 1. The van der Waals surface area contributed by atoms with Crippen molar-refractivity contribution in [2.45, 2.75) is 6.54 Å². The Hall–Kier alpha value is -3.95. The van der Waals surface area contributed by atoms with Crippen molar-refractivity contribution in [1.29, 1.82) is 0 Å². The van der Waals surface area contributed by atoms with Crippen molar-refractivity contribution in [3.63, 3.8) is 0 Å². The van der Waals surface area contributed by atoms with Gasteiger partial charge in [-0.05, 0) is 30.1 Å². The minimum atomic E-state index is -0.474. The molecule has 3 aromatic carbocycles. The van der Waals surface area contributed by atoms with Gasteiger partial charge in [0.15, 0.2) is 0 Å². The van der Waals surface area contributed by atoms with Gasteiger partial charge in [-0.2, -0.15) is 0 Å².